The molecular formula is C11H11N3O. The average molecular weight is 201 g/mol. The van der Waals surface area contributed by atoms with Crippen LogP contribution in [0.1, 0.15) is 5.56 Å². The first-order valence-electron chi connectivity index (χ1n) is 4.58. The van der Waals surface area contributed by atoms with E-state index in [0.29, 0.717) is 17.3 Å². The average Bonchev–Trinajstić information content (AvgIpc) is 2.26. The predicted molar refractivity (Wildman–Crippen MR) is 57.7 cm³/mol. The van der Waals surface area contributed by atoms with Crippen LogP contribution in [0.4, 0.5) is 5.69 Å². The smallest absolute Gasteiger partial charge is 0.238 e. The number of benzene rings is 1. The number of ether oxygens (including phenoxy) is 1. The molecule has 0 spiro atoms. The molecule has 1 heterocycles. The highest BCUT2D eigenvalue weighted by molar-refractivity contribution is 5.58. The van der Waals surface area contributed by atoms with Crippen LogP contribution in [0, 0.1) is 6.92 Å². The molecule has 0 saturated carbocycles. The molecule has 0 aliphatic heterocycles. The minimum Gasteiger partial charge on any atom is -0.435 e. The van der Waals surface area contributed by atoms with E-state index in [2.05, 4.69) is 10.2 Å². The predicted octanol–water partition coefficient (Wildman–Crippen LogP) is 2.16. The molecule has 0 unspecified atom stereocenters. The van der Waals surface area contributed by atoms with E-state index in [1.165, 1.54) is 0 Å². The van der Waals surface area contributed by atoms with Crippen molar-refractivity contribution in [2.45, 2.75) is 6.92 Å². The summed E-state index contributed by atoms with van der Waals surface area (Å²) in [4.78, 5) is 0. The zero-order chi connectivity index (χ0) is 10.7. The fraction of sp³-hybridized carbons (Fsp3) is 0.0909. The molecule has 0 fully saturated rings. The SMILES string of the molecule is Cc1cccc(Oc2cccnn2)c1N. The quantitative estimate of drug-likeness (QED) is 0.756. The van der Waals surface area contributed by atoms with Gasteiger partial charge in [0.15, 0.2) is 5.75 Å². The van der Waals surface area contributed by atoms with Gasteiger partial charge in [0.05, 0.1) is 5.69 Å². The van der Waals surface area contributed by atoms with Gasteiger partial charge in [-0.2, -0.15) is 5.10 Å². The molecule has 2 aromatic rings. The Balaban J connectivity index is 2.29. The van der Waals surface area contributed by atoms with Crippen LogP contribution in [0.15, 0.2) is 36.5 Å². The highest BCUT2D eigenvalue weighted by atomic mass is 16.5. The number of hydrogen-bond acceptors (Lipinski definition) is 4. The van der Waals surface area contributed by atoms with Crippen molar-refractivity contribution in [3.63, 3.8) is 0 Å². The Labute approximate surface area is 87.7 Å². The molecule has 0 aliphatic carbocycles. The van der Waals surface area contributed by atoms with Crippen molar-refractivity contribution in [2.24, 2.45) is 0 Å². The van der Waals surface area contributed by atoms with Crippen LogP contribution in [-0.2, 0) is 0 Å². The van der Waals surface area contributed by atoms with E-state index in [-0.39, 0.29) is 0 Å². The van der Waals surface area contributed by atoms with Gasteiger partial charge in [-0.1, -0.05) is 12.1 Å². The molecule has 0 bridgehead atoms. The van der Waals surface area contributed by atoms with Crippen LogP contribution in [0.2, 0.25) is 0 Å². The number of nitrogens with zero attached hydrogens (tertiary/aromatic N) is 2. The van der Waals surface area contributed by atoms with E-state index >= 15 is 0 Å². The van der Waals surface area contributed by atoms with E-state index in [9.17, 15) is 0 Å². The van der Waals surface area contributed by atoms with Crippen LogP contribution in [0.3, 0.4) is 0 Å². The fourth-order valence-electron chi connectivity index (χ4n) is 1.20. The summed E-state index contributed by atoms with van der Waals surface area (Å²) in [5.41, 5.74) is 7.47. The Hall–Kier alpha value is -2.10. The second kappa shape index (κ2) is 3.96. The van der Waals surface area contributed by atoms with Crippen molar-refractivity contribution >= 4 is 5.69 Å². The molecule has 15 heavy (non-hydrogen) atoms. The number of nitrogen functional groups attached to an aromatic ring is 1. The van der Waals surface area contributed by atoms with E-state index in [1.807, 2.05) is 19.1 Å². The topological polar surface area (TPSA) is 61.0 Å². The summed E-state index contributed by atoms with van der Waals surface area (Å²) in [6, 6.07) is 9.11. The van der Waals surface area contributed by atoms with Crippen LogP contribution >= 0.6 is 0 Å². The van der Waals surface area contributed by atoms with Crippen LogP contribution < -0.4 is 10.5 Å². The normalized spacial score (nSPS) is 9.93. The number of nitrogens with two attached hydrogens (primary N) is 1. The van der Waals surface area contributed by atoms with Gasteiger partial charge in [-0.15, -0.1) is 5.10 Å². The van der Waals surface area contributed by atoms with Crippen LogP contribution in [0.5, 0.6) is 11.6 Å². The third-order valence-electron chi connectivity index (χ3n) is 2.05. The molecule has 2 rings (SSSR count). The lowest BCUT2D eigenvalue weighted by molar-refractivity contribution is 0.457. The number of para-hydroxylation sites is 1. The number of aromatic nitrogens is 2. The molecule has 1 aromatic carbocycles. The second-order valence-corrected chi connectivity index (χ2v) is 3.15. The molecule has 0 saturated heterocycles. The van der Waals surface area contributed by atoms with Crippen molar-refractivity contribution in [3.8, 4) is 11.6 Å². The summed E-state index contributed by atoms with van der Waals surface area (Å²) < 4.78 is 5.49. The lowest BCUT2D eigenvalue weighted by Gasteiger charge is -2.08. The zero-order valence-electron chi connectivity index (χ0n) is 8.34. The fourth-order valence-corrected chi connectivity index (χ4v) is 1.20. The van der Waals surface area contributed by atoms with E-state index < -0.39 is 0 Å². The molecular weight excluding hydrogens is 190 g/mol. The summed E-state index contributed by atoms with van der Waals surface area (Å²) in [6.07, 6.45) is 1.59. The van der Waals surface area contributed by atoms with Gasteiger partial charge in [-0.3, -0.25) is 0 Å². The third kappa shape index (κ3) is 2.04. The molecule has 0 atom stereocenters. The number of rotatable bonds is 2. The highest BCUT2D eigenvalue weighted by Gasteiger charge is 2.04. The largest absolute Gasteiger partial charge is 0.435 e. The molecule has 1 aromatic heterocycles. The van der Waals surface area contributed by atoms with Crippen molar-refractivity contribution in [1.29, 1.82) is 0 Å². The Kier molecular flexibility index (Phi) is 2.49. The van der Waals surface area contributed by atoms with Gasteiger partial charge in [-0.05, 0) is 24.6 Å². The van der Waals surface area contributed by atoms with Gasteiger partial charge in [-0.25, -0.2) is 0 Å². The van der Waals surface area contributed by atoms with Crippen molar-refractivity contribution < 1.29 is 4.74 Å². The molecule has 0 aliphatic rings. The van der Waals surface area contributed by atoms with E-state index in [1.54, 1.807) is 24.4 Å². The maximum absolute atomic E-state index is 5.86. The first kappa shape index (κ1) is 9.45. The molecule has 4 heteroatoms. The lowest BCUT2D eigenvalue weighted by Crippen LogP contribution is -1.96. The van der Waals surface area contributed by atoms with Gasteiger partial charge in [0.25, 0.3) is 0 Å². The summed E-state index contributed by atoms with van der Waals surface area (Å²) in [5.74, 6) is 1.05. The van der Waals surface area contributed by atoms with Crippen LogP contribution in [0.25, 0.3) is 0 Å². The summed E-state index contributed by atoms with van der Waals surface area (Å²) in [7, 11) is 0. The zero-order valence-corrected chi connectivity index (χ0v) is 8.34. The minimum atomic E-state index is 0.440. The number of anilines is 1. The Bertz CT molecular complexity index is 457. The van der Waals surface area contributed by atoms with Crippen molar-refractivity contribution in [1.82, 2.24) is 10.2 Å². The first-order chi connectivity index (χ1) is 7.27. The van der Waals surface area contributed by atoms with E-state index in [0.717, 1.165) is 5.56 Å². The van der Waals surface area contributed by atoms with Gasteiger partial charge >= 0.3 is 0 Å². The van der Waals surface area contributed by atoms with Gasteiger partial charge in [0, 0.05) is 12.3 Å². The van der Waals surface area contributed by atoms with Gasteiger partial charge in [0.2, 0.25) is 5.88 Å². The maximum atomic E-state index is 5.86. The molecule has 0 radical (unpaired) electrons. The standard InChI is InChI=1S/C11H11N3O/c1-8-4-2-5-9(11(8)12)15-10-6-3-7-13-14-10/h2-7H,12H2,1H3. The monoisotopic (exact) mass is 201 g/mol. The lowest BCUT2D eigenvalue weighted by atomic mass is 10.2. The number of hydrogen-bond donors (Lipinski definition) is 1. The minimum absolute atomic E-state index is 0.440. The molecule has 0 amide bonds. The summed E-state index contributed by atoms with van der Waals surface area (Å²) >= 11 is 0. The van der Waals surface area contributed by atoms with E-state index in [4.69, 9.17) is 10.5 Å². The van der Waals surface area contributed by atoms with Crippen LogP contribution in [-0.4, -0.2) is 10.2 Å². The molecule has 76 valence electrons. The number of aryl methyl sites for hydroxylation is 1. The summed E-state index contributed by atoms with van der Waals surface area (Å²) in [6.45, 7) is 1.93. The van der Waals surface area contributed by atoms with Crippen molar-refractivity contribution in [3.05, 3.63) is 42.1 Å². The third-order valence-corrected chi connectivity index (χ3v) is 2.05. The Morgan fingerprint density at radius 1 is 1.20 bits per heavy atom. The Morgan fingerprint density at radius 3 is 2.80 bits per heavy atom. The molecule has 2 N–H and O–H groups in total. The van der Waals surface area contributed by atoms with Crippen molar-refractivity contribution in [2.75, 3.05) is 5.73 Å². The second-order valence-electron chi connectivity index (χ2n) is 3.15. The Morgan fingerprint density at radius 2 is 2.07 bits per heavy atom. The van der Waals surface area contributed by atoms with Gasteiger partial charge in [0.1, 0.15) is 0 Å². The highest BCUT2D eigenvalue weighted by Crippen LogP contribution is 2.27. The first-order valence-corrected chi connectivity index (χ1v) is 4.58. The molecule has 4 nitrogen and oxygen atoms in total. The summed E-state index contributed by atoms with van der Waals surface area (Å²) in [5, 5.41) is 7.53. The van der Waals surface area contributed by atoms with Gasteiger partial charge < -0.3 is 10.5 Å². The maximum Gasteiger partial charge on any atom is 0.238 e.